The van der Waals surface area contributed by atoms with Gasteiger partial charge in [-0.3, -0.25) is 4.90 Å². The number of benzene rings is 2. The molecule has 1 unspecified atom stereocenters. The number of likely N-dealkylation sites (tertiary alicyclic amines) is 1. The van der Waals surface area contributed by atoms with E-state index in [1.54, 1.807) is 0 Å². The summed E-state index contributed by atoms with van der Waals surface area (Å²) >= 11 is 0. The predicted octanol–water partition coefficient (Wildman–Crippen LogP) is 3.14. The fourth-order valence-corrected chi connectivity index (χ4v) is 4.00. The Labute approximate surface area is 161 Å². The van der Waals surface area contributed by atoms with Crippen molar-refractivity contribution in [3.8, 4) is 23.0 Å². The molecule has 2 aliphatic heterocycles. The van der Waals surface area contributed by atoms with Gasteiger partial charge in [0.15, 0.2) is 11.5 Å². The van der Waals surface area contributed by atoms with E-state index in [9.17, 15) is 4.79 Å². The molecule has 28 heavy (non-hydrogen) atoms. The summed E-state index contributed by atoms with van der Waals surface area (Å²) in [5, 5.41) is 6.16. The predicted molar refractivity (Wildman–Crippen MR) is 102 cm³/mol. The Morgan fingerprint density at radius 1 is 1.07 bits per heavy atom. The monoisotopic (exact) mass is 379 g/mol. The molecule has 144 valence electrons. The van der Waals surface area contributed by atoms with Crippen molar-refractivity contribution >= 4 is 0 Å². The van der Waals surface area contributed by atoms with Crippen molar-refractivity contribution in [2.45, 2.75) is 25.4 Å². The standard InChI is InChI=1S/C21H21N3O4/c25-21-23-22-20(28-21)15-5-3-14(4-6-15)13-24-9-1-2-17(24)16-7-8-18-19(12-16)27-11-10-26-18/h3-8,12,17H,1-2,9-11,13H2,(H,23,25). The number of fused-ring (bicyclic) bond motifs is 1. The molecule has 1 fully saturated rings. The first kappa shape index (κ1) is 17.1. The number of rotatable bonds is 4. The van der Waals surface area contributed by atoms with Gasteiger partial charge in [-0.15, -0.1) is 5.10 Å². The molecule has 1 saturated heterocycles. The highest BCUT2D eigenvalue weighted by atomic mass is 16.6. The number of nitrogens with zero attached hydrogens (tertiary/aromatic N) is 2. The fraction of sp³-hybridized carbons (Fsp3) is 0.333. The maximum Gasteiger partial charge on any atom is 0.434 e. The molecule has 7 nitrogen and oxygen atoms in total. The largest absolute Gasteiger partial charge is 0.486 e. The summed E-state index contributed by atoms with van der Waals surface area (Å²) in [4.78, 5) is 13.6. The first-order chi connectivity index (χ1) is 13.8. The van der Waals surface area contributed by atoms with Crippen molar-refractivity contribution in [2.24, 2.45) is 0 Å². The number of aromatic amines is 1. The summed E-state index contributed by atoms with van der Waals surface area (Å²) in [7, 11) is 0. The van der Waals surface area contributed by atoms with Crippen LogP contribution in [0.1, 0.15) is 30.0 Å². The molecule has 0 aliphatic carbocycles. The summed E-state index contributed by atoms with van der Waals surface area (Å²) in [6, 6.07) is 14.7. The van der Waals surface area contributed by atoms with E-state index in [1.165, 1.54) is 17.5 Å². The first-order valence-electron chi connectivity index (χ1n) is 9.55. The third-order valence-corrected chi connectivity index (χ3v) is 5.34. The highest BCUT2D eigenvalue weighted by Gasteiger charge is 2.27. The molecule has 3 aromatic rings. The highest BCUT2D eigenvalue weighted by Crippen LogP contribution is 2.38. The Balaban J connectivity index is 1.32. The third-order valence-electron chi connectivity index (χ3n) is 5.34. The number of nitrogens with one attached hydrogen (secondary N) is 1. The van der Waals surface area contributed by atoms with Gasteiger partial charge in [0, 0.05) is 18.2 Å². The van der Waals surface area contributed by atoms with Crippen LogP contribution in [-0.2, 0) is 6.54 Å². The van der Waals surface area contributed by atoms with Crippen LogP contribution in [0.5, 0.6) is 11.5 Å². The van der Waals surface area contributed by atoms with Crippen molar-refractivity contribution in [3.63, 3.8) is 0 Å². The zero-order valence-electron chi connectivity index (χ0n) is 15.4. The molecule has 1 N–H and O–H groups in total. The maximum atomic E-state index is 11.1. The van der Waals surface area contributed by atoms with Crippen LogP contribution in [0.25, 0.3) is 11.5 Å². The molecule has 1 atom stereocenters. The van der Waals surface area contributed by atoms with Crippen LogP contribution in [0, 0.1) is 0 Å². The average molecular weight is 379 g/mol. The van der Waals surface area contributed by atoms with Crippen molar-refractivity contribution in [1.29, 1.82) is 0 Å². The lowest BCUT2D eigenvalue weighted by atomic mass is 10.0. The van der Waals surface area contributed by atoms with Gasteiger partial charge in [-0.25, -0.2) is 9.89 Å². The van der Waals surface area contributed by atoms with Crippen LogP contribution in [0.15, 0.2) is 51.7 Å². The molecule has 0 bridgehead atoms. The van der Waals surface area contributed by atoms with Crippen LogP contribution >= 0.6 is 0 Å². The van der Waals surface area contributed by atoms with Crippen LogP contribution in [0.2, 0.25) is 0 Å². The Morgan fingerprint density at radius 3 is 2.68 bits per heavy atom. The lowest BCUT2D eigenvalue weighted by molar-refractivity contribution is 0.170. The van der Waals surface area contributed by atoms with E-state index in [0.717, 1.165) is 36.6 Å². The van der Waals surface area contributed by atoms with Gasteiger partial charge in [0.25, 0.3) is 0 Å². The molecule has 3 heterocycles. The van der Waals surface area contributed by atoms with Gasteiger partial charge in [0.2, 0.25) is 5.89 Å². The summed E-state index contributed by atoms with van der Waals surface area (Å²) < 4.78 is 16.4. The van der Waals surface area contributed by atoms with E-state index in [2.05, 4.69) is 39.4 Å². The van der Waals surface area contributed by atoms with Crippen LogP contribution in [0.3, 0.4) is 0 Å². The fourth-order valence-electron chi connectivity index (χ4n) is 4.00. The molecule has 5 rings (SSSR count). The Morgan fingerprint density at radius 2 is 1.89 bits per heavy atom. The quantitative estimate of drug-likeness (QED) is 0.750. The molecule has 1 aromatic heterocycles. The molecule has 2 aromatic carbocycles. The van der Waals surface area contributed by atoms with E-state index in [4.69, 9.17) is 13.9 Å². The van der Waals surface area contributed by atoms with Gasteiger partial charge in [-0.05, 0) is 54.8 Å². The number of hydrogen-bond donors (Lipinski definition) is 1. The summed E-state index contributed by atoms with van der Waals surface area (Å²) in [5.74, 6) is 1.45. The first-order valence-corrected chi connectivity index (χ1v) is 9.55. The SMILES string of the molecule is O=c1[nH]nc(-c2ccc(CN3CCCC3c3ccc4c(c3)OCCO4)cc2)o1. The van der Waals surface area contributed by atoms with Crippen LogP contribution in [0.4, 0.5) is 0 Å². The number of ether oxygens (including phenoxy) is 2. The van der Waals surface area contributed by atoms with Crippen molar-refractivity contribution in [3.05, 3.63) is 64.1 Å². The Hall–Kier alpha value is -3.06. The Bertz CT molecular complexity index is 1020. The van der Waals surface area contributed by atoms with E-state index < -0.39 is 5.76 Å². The second kappa shape index (κ2) is 7.16. The van der Waals surface area contributed by atoms with E-state index in [1.807, 2.05) is 18.2 Å². The number of hydrogen-bond acceptors (Lipinski definition) is 6. The lowest BCUT2D eigenvalue weighted by Crippen LogP contribution is -2.23. The van der Waals surface area contributed by atoms with E-state index in [-0.39, 0.29) is 0 Å². The summed E-state index contributed by atoms with van der Waals surface area (Å²) in [6.07, 6.45) is 2.31. The van der Waals surface area contributed by atoms with Gasteiger partial charge in [0.05, 0.1) is 0 Å². The number of H-pyrrole nitrogens is 1. The zero-order chi connectivity index (χ0) is 18.9. The van der Waals surface area contributed by atoms with Gasteiger partial charge in [-0.2, -0.15) is 0 Å². The van der Waals surface area contributed by atoms with E-state index >= 15 is 0 Å². The van der Waals surface area contributed by atoms with Crippen LogP contribution in [-0.4, -0.2) is 34.9 Å². The van der Waals surface area contributed by atoms with Gasteiger partial charge in [0.1, 0.15) is 13.2 Å². The second-order valence-corrected chi connectivity index (χ2v) is 7.15. The second-order valence-electron chi connectivity index (χ2n) is 7.15. The van der Waals surface area contributed by atoms with Gasteiger partial charge < -0.3 is 13.9 Å². The minimum atomic E-state index is -0.543. The molecular formula is C21H21N3O4. The molecule has 0 radical (unpaired) electrons. The summed E-state index contributed by atoms with van der Waals surface area (Å²) in [5.41, 5.74) is 3.27. The van der Waals surface area contributed by atoms with Gasteiger partial charge in [-0.1, -0.05) is 18.2 Å². The summed E-state index contributed by atoms with van der Waals surface area (Å²) in [6.45, 7) is 3.14. The minimum Gasteiger partial charge on any atom is -0.486 e. The lowest BCUT2D eigenvalue weighted by Gasteiger charge is -2.26. The Kier molecular flexibility index (Phi) is 4.37. The molecule has 0 amide bonds. The molecule has 0 saturated carbocycles. The van der Waals surface area contributed by atoms with E-state index in [0.29, 0.717) is 25.1 Å². The average Bonchev–Trinajstić information content (AvgIpc) is 3.37. The molecule has 2 aliphatic rings. The van der Waals surface area contributed by atoms with Crippen molar-refractivity contribution < 1.29 is 13.9 Å². The van der Waals surface area contributed by atoms with Crippen molar-refractivity contribution in [1.82, 2.24) is 15.1 Å². The van der Waals surface area contributed by atoms with Gasteiger partial charge >= 0.3 is 5.76 Å². The number of aromatic nitrogens is 2. The minimum absolute atomic E-state index is 0.312. The van der Waals surface area contributed by atoms with Crippen molar-refractivity contribution in [2.75, 3.05) is 19.8 Å². The molecular weight excluding hydrogens is 358 g/mol. The smallest absolute Gasteiger partial charge is 0.434 e. The topological polar surface area (TPSA) is 80.6 Å². The third kappa shape index (κ3) is 3.29. The maximum absolute atomic E-state index is 11.1. The molecule has 0 spiro atoms. The van der Waals surface area contributed by atoms with Crippen LogP contribution < -0.4 is 15.2 Å². The zero-order valence-corrected chi connectivity index (χ0v) is 15.4. The normalized spacial score (nSPS) is 19.1. The highest BCUT2D eigenvalue weighted by molar-refractivity contribution is 5.52. The molecule has 7 heteroatoms.